The van der Waals surface area contributed by atoms with Gasteiger partial charge in [-0.15, -0.1) is 0 Å². The maximum absolute atomic E-state index is 10.9. The minimum atomic E-state index is -0.745. The zero-order chi connectivity index (χ0) is 9.97. The zero-order valence-electron chi connectivity index (χ0n) is 7.68. The second-order valence-electron chi connectivity index (χ2n) is 3.46. The molecule has 1 saturated heterocycles. The first kappa shape index (κ1) is 9.15. The van der Waals surface area contributed by atoms with Gasteiger partial charge in [0.05, 0.1) is 5.92 Å². The molecule has 1 aliphatic heterocycles. The van der Waals surface area contributed by atoms with Crippen molar-refractivity contribution in [3.05, 3.63) is 30.1 Å². The number of carboxylic acids is 1. The van der Waals surface area contributed by atoms with E-state index in [0.717, 1.165) is 5.69 Å². The van der Waals surface area contributed by atoms with Crippen LogP contribution in [0.2, 0.25) is 0 Å². The third-order valence-corrected chi connectivity index (χ3v) is 2.60. The van der Waals surface area contributed by atoms with Crippen molar-refractivity contribution in [3.8, 4) is 0 Å². The standard InChI is InChI=1S/C10H12N2O2/c13-10(14)8-6-11-5-7(8)9-3-1-2-4-12-9/h1-4,7-8,11H,5-6H2,(H,13,14)/t7-,8+/m1/s1. The van der Waals surface area contributed by atoms with Gasteiger partial charge >= 0.3 is 5.97 Å². The molecule has 1 aliphatic rings. The third kappa shape index (κ3) is 1.61. The summed E-state index contributed by atoms with van der Waals surface area (Å²) in [6, 6.07) is 5.61. The molecule has 2 rings (SSSR count). The van der Waals surface area contributed by atoms with Gasteiger partial charge in [0, 0.05) is 30.9 Å². The van der Waals surface area contributed by atoms with Gasteiger partial charge in [-0.3, -0.25) is 9.78 Å². The van der Waals surface area contributed by atoms with Crippen LogP contribution in [0.5, 0.6) is 0 Å². The normalized spacial score (nSPS) is 26.3. The maximum atomic E-state index is 10.9. The van der Waals surface area contributed by atoms with E-state index in [9.17, 15) is 4.79 Å². The number of carbonyl (C=O) groups is 1. The molecule has 1 aromatic rings. The first-order chi connectivity index (χ1) is 6.79. The molecule has 0 bridgehead atoms. The van der Waals surface area contributed by atoms with Crippen LogP contribution in [0.1, 0.15) is 11.6 Å². The highest BCUT2D eigenvalue weighted by Gasteiger charge is 2.34. The molecule has 2 heterocycles. The van der Waals surface area contributed by atoms with Crippen molar-refractivity contribution in [1.82, 2.24) is 10.3 Å². The lowest BCUT2D eigenvalue weighted by Crippen LogP contribution is -2.21. The molecular formula is C10H12N2O2. The maximum Gasteiger partial charge on any atom is 0.308 e. The molecule has 74 valence electrons. The Morgan fingerprint density at radius 1 is 1.50 bits per heavy atom. The van der Waals surface area contributed by atoms with Crippen LogP contribution in [-0.4, -0.2) is 29.1 Å². The van der Waals surface area contributed by atoms with E-state index in [0.29, 0.717) is 13.1 Å². The summed E-state index contributed by atoms with van der Waals surface area (Å²) in [4.78, 5) is 15.1. The van der Waals surface area contributed by atoms with Crippen molar-refractivity contribution in [3.63, 3.8) is 0 Å². The second-order valence-corrected chi connectivity index (χ2v) is 3.46. The summed E-state index contributed by atoms with van der Waals surface area (Å²) in [6.45, 7) is 1.24. The predicted molar refractivity (Wildman–Crippen MR) is 51.0 cm³/mol. The van der Waals surface area contributed by atoms with Gasteiger partial charge in [-0.1, -0.05) is 6.07 Å². The first-order valence-corrected chi connectivity index (χ1v) is 4.63. The highest BCUT2D eigenvalue weighted by molar-refractivity contribution is 5.72. The molecule has 0 radical (unpaired) electrons. The molecular weight excluding hydrogens is 180 g/mol. The largest absolute Gasteiger partial charge is 0.481 e. The molecule has 0 unspecified atom stereocenters. The van der Waals surface area contributed by atoms with Crippen LogP contribution in [-0.2, 0) is 4.79 Å². The van der Waals surface area contributed by atoms with Gasteiger partial charge in [-0.2, -0.15) is 0 Å². The molecule has 4 nitrogen and oxygen atoms in total. The Bertz CT molecular complexity index is 326. The number of aromatic nitrogens is 1. The average Bonchev–Trinajstić information content (AvgIpc) is 2.67. The fourth-order valence-corrected chi connectivity index (χ4v) is 1.84. The van der Waals surface area contributed by atoms with Crippen molar-refractivity contribution in [2.24, 2.45) is 5.92 Å². The highest BCUT2D eigenvalue weighted by Crippen LogP contribution is 2.26. The first-order valence-electron chi connectivity index (χ1n) is 4.63. The molecule has 0 saturated carbocycles. The van der Waals surface area contributed by atoms with Crippen LogP contribution in [0.4, 0.5) is 0 Å². The molecule has 1 aromatic heterocycles. The summed E-state index contributed by atoms with van der Waals surface area (Å²) >= 11 is 0. The summed E-state index contributed by atoms with van der Waals surface area (Å²) in [5.41, 5.74) is 0.866. The summed E-state index contributed by atoms with van der Waals surface area (Å²) in [6.07, 6.45) is 1.70. The van der Waals surface area contributed by atoms with E-state index >= 15 is 0 Å². The lowest BCUT2D eigenvalue weighted by atomic mass is 9.93. The molecule has 0 amide bonds. The molecule has 0 aromatic carbocycles. The van der Waals surface area contributed by atoms with Crippen LogP contribution in [0, 0.1) is 5.92 Å². The van der Waals surface area contributed by atoms with E-state index in [1.165, 1.54) is 0 Å². The number of hydrogen-bond acceptors (Lipinski definition) is 3. The van der Waals surface area contributed by atoms with E-state index in [2.05, 4.69) is 10.3 Å². The van der Waals surface area contributed by atoms with Gasteiger partial charge in [0.1, 0.15) is 0 Å². The number of pyridine rings is 1. The monoisotopic (exact) mass is 192 g/mol. The van der Waals surface area contributed by atoms with E-state index in [4.69, 9.17) is 5.11 Å². The van der Waals surface area contributed by atoms with E-state index in [1.807, 2.05) is 18.2 Å². The number of rotatable bonds is 2. The minimum absolute atomic E-state index is 0.00806. The number of nitrogens with zero attached hydrogens (tertiary/aromatic N) is 1. The number of carboxylic acid groups (broad SMARTS) is 1. The SMILES string of the molecule is O=C(O)[C@H]1CNC[C@H]1c1ccccn1. The summed E-state index contributed by atoms with van der Waals surface area (Å²) in [7, 11) is 0. The van der Waals surface area contributed by atoms with Gasteiger partial charge in [-0.05, 0) is 12.1 Å². The van der Waals surface area contributed by atoms with Crippen LogP contribution in [0.3, 0.4) is 0 Å². The highest BCUT2D eigenvalue weighted by atomic mass is 16.4. The van der Waals surface area contributed by atoms with Crippen molar-refractivity contribution >= 4 is 5.97 Å². The van der Waals surface area contributed by atoms with Crippen molar-refractivity contribution < 1.29 is 9.90 Å². The summed E-state index contributed by atoms with van der Waals surface area (Å²) < 4.78 is 0. The smallest absolute Gasteiger partial charge is 0.308 e. The molecule has 2 N–H and O–H groups in total. The van der Waals surface area contributed by atoms with Crippen LogP contribution in [0.25, 0.3) is 0 Å². The van der Waals surface area contributed by atoms with Gasteiger partial charge < -0.3 is 10.4 Å². The minimum Gasteiger partial charge on any atom is -0.481 e. The summed E-state index contributed by atoms with van der Waals surface area (Å²) in [5.74, 6) is -1.08. The van der Waals surface area contributed by atoms with Crippen LogP contribution >= 0.6 is 0 Å². The fraction of sp³-hybridized carbons (Fsp3) is 0.400. The predicted octanol–water partition coefficient (Wildman–Crippen LogP) is 0.469. The quantitative estimate of drug-likeness (QED) is 0.715. The Balaban J connectivity index is 2.22. The molecule has 0 aliphatic carbocycles. The summed E-state index contributed by atoms with van der Waals surface area (Å²) in [5, 5.41) is 12.1. The Morgan fingerprint density at radius 2 is 2.36 bits per heavy atom. The van der Waals surface area contributed by atoms with E-state index < -0.39 is 5.97 Å². The van der Waals surface area contributed by atoms with Crippen molar-refractivity contribution in [2.75, 3.05) is 13.1 Å². The Kier molecular flexibility index (Phi) is 2.45. The van der Waals surface area contributed by atoms with E-state index in [1.54, 1.807) is 6.20 Å². The molecule has 2 atom stereocenters. The average molecular weight is 192 g/mol. The fourth-order valence-electron chi connectivity index (χ4n) is 1.84. The van der Waals surface area contributed by atoms with Gasteiger partial charge in [0.25, 0.3) is 0 Å². The number of hydrogen-bond donors (Lipinski definition) is 2. The number of aliphatic carboxylic acids is 1. The third-order valence-electron chi connectivity index (χ3n) is 2.60. The number of nitrogens with one attached hydrogen (secondary N) is 1. The molecule has 4 heteroatoms. The molecule has 0 spiro atoms. The lowest BCUT2D eigenvalue weighted by molar-refractivity contribution is -0.141. The Labute approximate surface area is 82.0 Å². The molecule has 14 heavy (non-hydrogen) atoms. The molecule has 1 fully saturated rings. The van der Waals surface area contributed by atoms with E-state index in [-0.39, 0.29) is 11.8 Å². The van der Waals surface area contributed by atoms with Gasteiger partial charge in [-0.25, -0.2) is 0 Å². The van der Waals surface area contributed by atoms with Crippen molar-refractivity contribution in [2.45, 2.75) is 5.92 Å². The van der Waals surface area contributed by atoms with Crippen molar-refractivity contribution in [1.29, 1.82) is 0 Å². The van der Waals surface area contributed by atoms with Gasteiger partial charge in [0.15, 0.2) is 0 Å². The van der Waals surface area contributed by atoms with Gasteiger partial charge in [0.2, 0.25) is 0 Å². The Morgan fingerprint density at radius 3 is 3.00 bits per heavy atom. The topological polar surface area (TPSA) is 62.2 Å². The van der Waals surface area contributed by atoms with Crippen LogP contribution in [0.15, 0.2) is 24.4 Å². The Hall–Kier alpha value is -1.42. The zero-order valence-corrected chi connectivity index (χ0v) is 7.68. The second kappa shape index (κ2) is 3.75. The lowest BCUT2D eigenvalue weighted by Gasteiger charge is -2.13. The van der Waals surface area contributed by atoms with Crippen LogP contribution < -0.4 is 5.32 Å².